The van der Waals surface area contributed by atoms with Crippen molar-refractivity contribution in [3.8, 4) is 5.69 Å². The Morgan fingerprint density at radius 2 is 2.36 bits per heavy atom. The number of tetrazole rings is 1. The molecule has 70 valence electrons. The summed E-state index contributed by atoms with van der Waals surface area (Å²) in [6, 6.07) is 5.66. The summed E-state index contributed by atoms with van der Waals surface area (Å²) in [5, 5.41) is 15.2. The molecule has 1 aliphatic heterocycles. The fourth-order valence-corrected chi connectivity index (χ4v) is 1.79. The average Bonchev–Trinajstić information content (AvgIpc) is 2.65. The van der Waals surface area contributed by atoms with Gasteiger partial charge in [0, 0.05) is 0 Å². The van der Waals surface area contributed by atoms with Crippen LogP contribution in [-0.4, -0.2) is 20.2 Å². The number of fused-ring (bicyclic) bond motifs is 3. The molecule has 3 rings (SSSR count). The fraction of sp³-hybridized carbons (Fsp3) is 0.125. The van der Waals surface area contributed by atoms with Crippen LogP contribution < -0.4 is 5.32 Å². The molecule has 14 heavy (non-hydrogen) atoms. The Labute approximate surface area is 84.7 Å². The van der Waals surface area contributed by atoms with Crippen LogP contribution in [0.15, 0.2) is 18.2 Å². The summed E-state index contributed by atoms with van der Waals surface area (Å²) in [4.78, 5) is 0. The Morgan fingerprint density at radius 1 is 1.43 bits per heavy atom. The molecule has 2 aromatic rings. The van der Waals surface area contributed by atoms with Crippen LogP contribution in [0.3, 0.4) is 0 Å². The van der Waals surface area contributed by atoms with Crippen molar-refractivity contribution in [3.63, 3.8) is 0 Å². The van der Waals surface area contributed by atoms with E-state index in [1.54, 1.807) is 4.68 Å². The van der Waals surface area contributed by atoms with Gasteiger partial charge in [-0.1, -0.05) is 17.7 Å². The number of halogens is 1. The van der Waals surface area contributed by atoms with Gasteiger partial charge >= 0.3 is 0 Å². The number of benzene rings is 1. The highest BCUT2D eigenvalue weighted by atomic mass is 35.5. The largest absolute Gasteiger partial charge is 0.376 e. The van der Waals surface area contributed by atoms with Gasteiger partial charge in [-0.05, 0) is 22.6 Å². The van der Waals surface area contributed by atoms with Crippen LogP contribution >= 0.6 is 11.6 Å². The molecule has 1 N–H and O–H groups in total. The first kappa shape index (κ1) is 7.75. The summed E-state index contributed by atoms with van der Waals surface area (Å²) in [6.45, 7) is 0.625. The highest BCUT2D eigenvalue weighted by Gasteiger charge is 2.19. The van der Waals surface area contributed by atoms with Crippen LogP contribution in [0, 0.1) is 0 Å². The molecule has 1 aromatic carbocycles. The van der Waals surface area contributed by atoms with Gasteiger partial charge in [-0.25, -0.2) is 0 Å². The first-order valence-electron chi connectivity index (χ1n) is 4.16. The molecule has 0 bridgehead atoms. The number of rotatable bonds is 0. The van der Waals surface area contributed by atoms with E-state index < -0.39 is 0 Å². The number of aromatic nitrogens is 4. The molecule has 2 heterocycles. The zero-order chi connectivity index (χ0) is 9.54. The van der Waals surface area contributed by atoms with E-state index in [1.165, 1.54) is 0 Å². The molecule has 0 saturated heterocycles. The van der Waals surface area contributed by atoms with E-state index in [1.807, 2.05) is 18.2 Å². The molecule has 0 saturated carbocycles. The SMILES string of the molecule is Clc1cccc2c1-n1nnnc1CN2. The Morgan fingerprint density at radius 3 is 3.29 bits per heavy atom. The topological polar surface area (TPSA) is 55.6 Å². The van der Waals surface area contributed by atoms with Gasteiger partial charge in [0.2, 0.25) is 0 Å². The van der Waals surface area contributed by atoms with E-state index in [-0.39, 0.29) is 0 Å². The zero-order valence-corrected chi connectivity index (χ0v) is 7.86. The molecule has 0 unspecified atom stereocenters. The van der Waals surface area contributed by atoms with Crippen molar-refractivity contribution in [3.05, 3.63) is 29.0 Å². The highest BCUT2D eigenvalue weighted by Crippen LogP contribution is 2.31. The van der Waals surface area contributed by atoms with Gasteiger partial charge in [0.15, 0.2) is 5.82 Å². The van der Waals surface area contributed by atoms with Crippen LogP contribution in [0.2, 0.25) is 5.02 Å². The van der Waals surface area contributed by atoms with E-state index in [9.17, 15) is 0 Å². The second-order valence-electron chi connectivity index (χ2n) is 3.00. The first-order valence-corrected chi connectivity index (χ1v) is 4.54. The predicted molar refractivity (Wildman–Crippen MR) is 51.5 cm³/mol. The molecule has 0 spiro atoms. The molecular weight excluding hydrogens is 202 g/mol. The summed E-state index contributed by atoms with van der Waals surface area (Å²) >= 11 is 6.07. The molecule has 0 fully saturated rings. The van der Waals surface area contributed by atoms with Gasteiger partial charge in [0.05, 0.1) is 17.3 Å². The minimum Gasteiger partial charge on any atom is -0.376 e. The van der Waals surface area contributed by atoms with Gasteiger partial charge in [-0.15, -0.1) is 5.10 Å². The molecule has 0 aliphatic carbocycles. The van der Waals surface area contributed by atoms with Gasteiger partial charge in [0.25, 0.3) is 0 Å². The number of hydrogen-bond donors (Lipinski definition) is 1. The van der Waals surface area contributed by atoms with Crippen LogP contribution in [0.1, 0.15) is 5.82 Å². The van der Waals surface area contributed by atoms with Crippen LogP contribution in [0.4, 0.5) is 5.69 Å². The Balaban J connectivity index is 2.34. The molecule has 0 amide bonds. The van der Waals surface area contributed by atoms with E-state index in [0.717, 1.165) is 17.2 Å². The predicted octanol–water partition coefficient (Wildman–Crippen LogP) is 1.24. The fourth-order valence-electron chi connectivity index (χ4n) is 1.54. The molecule has 0 atom stereocenters. The maximum absolute atomic E-state index is 6.07. The van der Waals surface area contributed by atoms with Crippen LogP contribution in [0.25, 0.3) is 5.69 Å². The Hall–Kier alpha value is -1.62. The lowest BCUT2D eigenvalue weighted by molar-refractivity contribution is 0.755. The number of nitrogens with zero attached hydrogens (tertiary/aromatic N) is 4. The Kier molecular flexibility index (Phi) is 1.49. The number of anilines is 1. The van der Waals surface area contributed by atoms with Crippen molar-refractivity contribution in [2.45, 2.75) is 6.54 Å². The van der Waals surface area contributed by atoms with Crippen LogP contribution in [0.5, 0.6) is 0 Å². The summed E-state index contributed by atoms with van der Waals surface area (Å²) in [5.41, 5.74) is 1.78. The molecule has 1 aromatic heterocycles. The highest BCUT2D eigenvalue weighted by molar-refractivity contribution is 6.33. The van der Waals surface area contributed by atoms with E-state index in [2.05, 4.69) is 20.8 Å². The minimum absolute atomic E-state index is 0.625. The van der Waals surface area contributed by atoms with Crippen molar-refractivity contribution in [1.82, 2.24) is 20.2 Å². The molecule has 6 heteroatoms. The third-order valence-electron chi connectivity index (χ3n) is 2.17. The normalized spacial score (nSPS) is 12.9. The maximum Gasteiger partial charge on any atom is 0.175 e. The minimum atomic E-state index is 0.625. The first-order chi connectivity index (χ1) is 6.86. The smallest absolute Gasteiger partial charge is 0.175 e. The maximum atomic E-state index is 6.07. The monoisotopic (exact) mass is 207 g/mol. The van der Waals surface area contributed by atoms with Crippen molar-refractivity contribution in [2.24, 2.45) is 0 Å². The standard InChI is InChI=1S/C8H6ClN5/c9-5-2-1-3-6-8(5)14-7(4-10-6)11-12-13-14/h1-3,10H,4H2. The number of para-hydroxylation sites is 1. The number of nitrogens with one attached hydrogen (secondary N) is 1. The van der Waals surface area contributed by atoms with Gasteiger partial charge < -0.3 is 5.32 Å². The molecular formula is C8H6ClN5. The lowest BCUT2D eigenvalue weighted by Crippen LogP contribution is -2.16. The second kappa shape index (κ2) is 2.68. The van der Waals surface area contributed by atoms with Crippen molar-refractivity contribution in [2.75, 3.05) is 5.32 Å². The van der Waals surface area contributed by atoms with Crippen molar-refractivity contribution < 1.29 is 0 Å². The quantitative estimate of drug-likeness (QED) is 0.706. The summed E-state index contributed by atoms with van der Waals surface area (Å²) < 4.78 is 1.66. The van der Waals surface area contributed by atoms with Crippen molar-refractivity contribution in [1.29, 1.82) is 0 Å². The molecule has 1 aliphatic rings. The van der Waals surface area contributed by atoms with Gasteiger partial charge in [0.1, 0.15) is 5.69 Å². The summed E-state index contributed by atoms with van der Waals surface area (Å²) in [5.74, 6) is 0.769. The second-order valence-corrected chi connectivity index (χ2v) is 3.40. The third kappa shape index (κ3) is 0.927. The molecule has 0 radical (unpaired) electrons. The van der Waals surface area contributed by atoms with E-state index >= 15 is 0 Å². The average molecular weight is 208 g/mol. The number of hydrogen-bond acceptors (Lipinski definition) is 4. The lowest BCUT2D eigenvalue weighted by Gasteiger charge is -2.18. The third-order valence-corrected chi connectivity index (χ3v) is 2.47. The Bertz CT molecular complexity index is 492. The van der Waals surface area contributed by atoms with Crippen LogP contribution in [-0.2, 0) is 6.54 Å². The summed E-state index contributed by atoms with van der Waals surface area (Å²) in [7, 11) is 0. The molecule has 5 nitrogen and oxygen atoms in total. The lowest BCUT2D eigenvalue weighted by atomic mass is 10.2. The van der Waals surface area contributed by atoms with E-state index in [4.69, 9.17) is 11.6 Å². The van der Waals surface area contributed by atoms with Gasteiger partial charge in [-0.3, -0.25) is 0 Å². The van der Waals surface area contributed by atoms with Gasteiger partial charge in [-0.2, -0.15) is 4.68 Å². The summed E-state index contributed by atoms with van der Waals surface area (Å²) in [6.07, 6.45) is 0. The van der Waals surface area contributed by atoms with E-state index in [0.29, 0.717) is 11.6 Å². The zero-order valence-electron chi connectivity index (χ0n) is 7.11. The van der Waals surface area contributed by atoms with Crippen molar-refractivity contribution >= 4 is 17.3 Å².